The van der Waals surface area contributed by atoms with Gasteiger partial charge in [-0.05, 0) is 12.6 Å². The van der Waals surface area contributed by atoms with Gasteiger partial charge in [-0.15, -0.1) is 0 Å². The number of phenols is 1. The Morgan fingerprint density at radius 1 is 1.25 bits per heavy atom. The number of rotatable bonds is 3. The molecule has 0 saturated carbocycles. The molecule has 2 N–H and O–H groups in total. The SMILES string of the molecule is CCNCc1cc(Cl)c2ccccc2c1O. The molecule has 0 fully saturated rings. The van der Waals surface area contributed by atoms with Crippen LogP contribution in [-0.2, 0) is 6.54 Å². The van der Waals surface area contributed by atoms with Crippen molar-refractivity contribution in [3.8, 4) is 5.75 Å². The molecule has 0 radical (unpaired) electrons. The van der Waals surface area contributed by atoms with Gasteiger partial charge in [0.15, 0.2) is 0 Å². The van der Waals surface area contributed by atoms with Crippen LogP contribution < -0.4 is 5.32 Å². The largest absolute Gasteiger partial charge is 0.507 e. The van der Waals surface area contributed by atoms with Gasteiger partial charge in [0.1, 0.15) is 5.75 Å². The second-order valence-electron chi connectivity index (χ2n) is 3.69. The lowest BCUT2D eigenvalue weighted by atomic mass is 10.1. The van der Waals surface area contributed by atoms with Crippen molar-refractivity contribution in [2.24, 2.45) is 0 Å². The average Bonchev–Trinajstić information content (AvgIpc) is 2.32. The maximum atomic E-state index is 10.1. The third-order valence-corrected chi connectivity index (χ3v) is 2.92. The van der Waals surface area contributed by atoms with E-state index in [0.29, 0.717) is 17.3 Å². The van der Waals surface area contributed by atoms with Gasteiger partial charge in [0, 0.05) is 27.9 Å². The van der Waals surface area contributed by atoms with Crippen LogP contribution >= 0.6 is 11.6 Å². The summed E-state index contributed by atoms with van der Waals surface area (Å²) < 4.78 is 0. The molecule has 0 spiro atoms. The molecule has 0 bridgehead atoms. The van der Waals surface area contributed by atoms with Crippen LogP contribution in [0.3, 0.4) is 0 Å². The Bertz CT molecular complexity index is 511. The van der Waals surface area contributed by atoms with Crippen molar-refractivity contribution in [3.63, 3.8) is 0 Å². The molecule has 3 heteroatoms. The van der Waals surface area contributed by atoms with Gasteiger partial charge >= 0.3 is 0 Å². The van der Waals surface area contributed by atoms with E-state index < -0.39 is 0 Å². The van der Waals surface area contributed by atoms with Crippen LogP contribution in [0.15, 0.2) is 30.3 Å². The molecule has 2 aromatic rings. The molecule has 2 rings (SSSR count). The van der Waals surface area contributed by atoms with E-state index in [4.69, 9.17) is 11.6 Å². The van der Waals surface area contributed by atoms with Crippen LogP contribution in [0.5, 0.6) is 5.75 Å². The smallest absolute Gasteiger partial charge is 0.127 e. The summed E-state index contributed by atoms with van der Waals surface area (Å²) in [6.45, 7) is 3.52. The Morgan fingerprint density at radius 3 is 2.62 bits per heavy atom. The average molecular weight is 236 g/mol. The van der Waals surface area contributed by atoms with E-state index in [0.717, 1.165) is 22.9 Å². The van der Waals surface area contributed by atoms with E-state index in [1.165, 1.54) is 0 Å². The topological polar surface area (TPSA) is 32.3 Å². The predicted molar refractivity (Wildman–Crippen MR) is 68.0 cm³/mol. The highest BCUT2D eigenvalue weighted by atomic mass is 35.5. The molecular weight excluding hydrogens is 222 g/mol. The number of halogens is 1. The molecule has 2 aromatic carbocycles. The van der Waals surface area contributed by atoms with Crippen molar-refractivity contribution < 1.29 is 5.11 Å². The van der Waals surface area contributed by atoms with Gasteiger partial charge in [0.25, 0.3) is 0 Å². The number of benzene rings is 2. The van der Waals surface area contributed by atoms with Gasteiger partial charge in [-0.25, -0.2) is 0 Å². The van der Waals surface area contributed by atoms with Gasteiger partial charge in [-0.3, -0.25) is 0 Å². The van der Waals surface area contributed by atoms with Gasteiger partial charge in [-0.2, -0.15) is 0 Å². The van der Waals surface area contributed by atoms with Crippen molar-refractivity contribution in [2.75, 3.05) is 6.54 Å². The van der Waals surface area contributed by atoms with Crippen LogP contribution in [0.2, 0.25) is 5.02 Å². The number of nitrogens with one attached hydrogen (secondary N) is 1. The summed E-state index contributed by atoms with van der Waals surface area (Å²) in [4.78, 5) is 0. The van der Waals surface area contributed by atoms with Crippen molar-refractivity contribution in [2.45, 2.75) is 13.5 Å². The molecule has 0 atom stereocenters. The van der Waals surface area contributed by atoms with Crippen molar-refractivity contribution >= 4 is 22.4 Å². The van der Waals surface area contributed by atoms with Gasteiger partial charge in [0.2, 0.25) is 0 Å². The summed E-state index contributed by atoms with van der Waals surface area (Å²) in [6.07, 6.45) is 0. The standard InChI is InChI=1S/C13H14ClNO/c1-2-15-8-9-7-12(14)10-5-3-4-6-11(10)13(9)16/h3-7,15-16H,2,8H2,1H3. The van der Waals surface area contributed by atoms with Crippen molar-refractivity contribution in [3.05, 3.63) is 40.9 Å². The Morgan fingerprint density at radius 2 is 1.94 bits per heavy atom. The summed E-state index contributed by atoms with van der Waals surface area (Å²) in [6, 6.07) is 9.43. The number of hydrogen-bond acceptors (Lipinski definition) is 2. The zero-order valence-corrected chi connectivity index (χ0v) is 9.88. The third kappa shape index (κ3) is 1.99. The normalized spacial score (nSPS) is 10.9. The van der Waals surface area contributed by atoms with Crippen LogP contribution in [0.25, 0.3) is 10.8 Å². The van der Waals surface area contributed by atoms with Crippen molar-refractivity contribution in [1.82, 2.24) is 5.32 Å². The van der Waals surface area contributed by atoms with E-state index in [-0.39, 0.29) is 0 Å². The molecule has 0 saturated heterocycles. The highest BCUT2D eigenvalue weighted by molar-refractivity contribution is 6.35. The van der Waals surface area contributed by atoms with Gasteiger partial charge in [-0.1, -0.05) is 42.8 Å². The number of phenolic OH excluding ortho intramolecular Hbond substituents is 1. The predicted octanol–water partition coefficient (Wildman–Crippen LogP) is 3.31. The Labute approximate surface area is 99.9 Å². The Kier molecular flexibility index (Phi) is 3.32. The Hall–Kier alpha value is -1.25. The minimum Gasteiger partial charge on any atom is -0.507 e. The van der Waals surface area contributed by atoms with Gasteiger partial charge in [0.05, 0.1) is 0 Å². The second kappa shape index (κ2) is 4.73. The first-order chi connectivity index (χ1) is 7.74. The first-order valence-electron chi connectivity index (χ1n) is 5.34. The molecule has 16 heavy (non-hydrogen) atoms. The summed E-state index contributed by atoms with van der Waals surface area (Å²) >= 11 is 6.17. The lowest BCUT2D eigenvalue weighted by Crippen LogP contribution is -2.11. The molecule has 0 aliphatic heterocycles. The van der Waals surface area contributed by atoms with E-state index in [2.05, 4.69) is 5.32 Å². The van der Waals surface area contributed by atoms with Crippen LogP contribution in [0, 0.1) is 0 Å². The molecule has 0 aromatic heterocycles. The zero-order chi connectivity index (χ0) is 11.5. The minimum absolute atomic E-state index is 0.320. The lowest BCUT2D eigenvalue weighted by molar-refractivity contribution is 0.471. The molecule has 84 valence electrons. The molecule has 2 nitrogen and oxygen atoms in total. The fraction of sp³-hybridized carbons (Fsp3) is 0.231. The highest BCUT2D eigenvalue weighted by Crippen LogP contribution is 2.34. The van der Waals surface area contributed by atoms with Crippen LogP contribution in [0.1, 0.15) is 12.5 Å². The molecule has 0 amide bonds. The number of fused-ring (bicyclic) bond motifs is 1. The quantitative estimate of drug-likeness (QED) is 0.856. The van der Waals surface area contributed by atoms with Crippen LogP contribution in [0.4, 0.5) is 0 Å². The Balaban J connectivity index is 2.56. The molecule has 0 heterocycles. The summed E-state index contributed by atoms with van der Waals surface area (Å²) in [5.41, 5.74) is 0.838. The van der Waals surface area contributed by atoms with Gasteiger partial charge < -0.3 is 10.4 Å². The van der Waals surface area contributed by atoms with Crippen molar-refractivity contribution in [1.29, 1.82) is 0 Å². The third-order valence-electron chi connectivity index (χ3n) is 2.61. The maximum Gasteiger partial charge on any atom is 0.127 e. The number of hydrogen-bond donors (Lipinski definition) is 2. The van der Waals surface area contributed by atoms with E-state index in [9.17, 15) is 5.11 Å². The van der Waals surface area contributed by atoms with E-state index in [1.54, 1.807) is 0 Å². The molecule has 0 aliphatic rings. The summed E-state index contributed by atoms with van der Waals surface area (Å²) in [5, 5.41) is 15.7. The monoisotopic (exact) mass is 235 g/mol. The van der Waals surface area contributed by atoms with E-state index in [1.807, 2.05) is 37.3 Å². The first-order valence-corrected chi connectivity index (χ1v) is 5.71. The van der Waals surface area contributed by atoms with E-state index >= 15 is 0 Å². The molecule has 0 aliphatic carbocycles. The zero-order valence-electron chi connectivity index (χ0n) is 9.13. The molecule has 0 unspecified atom stereocenters. The number of aromatic hydroxyl groups is 1. The minimum atomic E-state index is 0.320. The van der Waals surface area contributed by atoms with Crippen LogP contribution in [-0.4, -0.2) is 11.7 Å². The lowest BCUT2D eigenvalue weighted by Gasteiger charge is -2.10. The summed E-state index contributed by atoms with van der Waals surface area (Å²) in [7, 11) is 0. The fourth-order valence-electron chi connectivity index (χ4n) is 1.76. The first kappa shape index (κ1) is 11.2. The maximum absolute atomic E-state index is 10.1. The fourth-order valence-corrected chi connectivity index (χ4v) is 2.06. The molecular formula is C13H14ClNO. The highest BCUT2D eigenvalue weighted by Gasteiger charge is 2.09. The second-order valence-corrected chi connectivity index (χ2v) is 4.10. The summed E-state index contributed by atoms with van der Waals surface area (Å²) in [5.74, 6) is 0.320.